The molecule has 2 aromatic rings. The third-order valence-electron chi connectivity index (χ3n) is 4.19. The van der Waals surface area contributed by atoms with Crippen molar-refractivity contribution in [2.75, 3.05) is 13.1 Å². The molecule has 1 aliphatic rings. The largest absolute Gasteiger partial charge is 0.485 e. The molecule has 128 valence electrons. The molecule has 1 unspecified atom stereocenters. The number of aryl methyl sites for hydroxylation is 1. The van der Waals surface area contributed by atoms with Crippen molar-refractivity contribution in [3.63, 3.8) is 0 Å². The molecular formula is C18H23N3O2S. The summed E-state index contributed by atoms with van der Waals surface area (Å²) in [5, 5.41) is 2.84. The first kappa shape index (κ1) is 16.9. The van der Waals surface area contributed by atoms with Crippen LogP contribution in [0.15, 0.2) is 23.7 Å². The number of hydrogen-bond donors (Lipinski definition) is 0. The highest BCUT2D eigenvalue weighted by molar-refractivity contribution is 7.09. The van der Waals surface area contributed by atoms with E-state index in [1.54, 1.807) is 6.20 Å². The quantitative estimate of drug-likeness (QED) is 0.835. The van der Waals surface area contributed by atoms with Crippen LogP contribution >= 0.6 is 11.3 Å². The Morgan fingerprint density at radius 3 is 3.08 bits per heavy atom. The molecule has 1 atom stereocenters. The third-order valence-corrected chi connectivity index (χ3v) is 5.06. The Labute approximate surface area is 146 Å². The highest BCUT2D eigenvalue weighted by atomic mass is 32.1. The minimum atomic E-state index is 0.182. The second-order valence-electron chi connectivity index (χ2n) is 6.42. The third kappa shape index (κ3) is 4.54. The summed E-state index contributed by atoms with van der Waals surface area (Å²) in [7, 11) is 0. The van der Waals surface area contributed by atoms with E-state index in [9.17, 15) is 4.79 Å². The lowest BCUT2D eigenvalue weighted by Crippen LogP contribution is -2.39. The van der Waals surface area contributed by atoms with Crippen LogP contribution in [0.25, 0.3) is 0 Å². The molecule has 2 aromatic heterocycles. The van der Waals surface area contributed by atoms with Crippen LogP contribution in [-0.4, -0.2) is 33.9 Å². The van der Waals surface area contributed by atoms with Crippen molar-refractivity contribution < 1.29 is 9.53 Å². The summed E-state index contributed by atoms with van der Waals surface area (Å²) in [6.07, 6.45) is 4.42. The molecular weight excluding hydrogens is 322 g/mol. The van der Waals surface area contributed by atoms with Crippen LogP contribution < -0.4 is 4.74 Å². The first-order valence-corrected chi connectivity index (χ1v) is 9.24. The molecule has 0 aromatic carbocycles. The number of carbonyl (C=O) groups excluding carboxylic acids is 1. The van der Waals surface area contributed by atoms with Crippen LogP contribution in [0, 0.1) is 12.8 Å². The van der Waals surface area contributed by atoms with Gasteiger partial charge in [0.25, 0.3) is 0 Å². The van der Waals surface area contributed by atoms with E-state index in [0.29, 0.717) is 18.9 Å². The molecule has 24 heavy (non-hydrogen) atoms. The number of nitrogens with zero attached hydrogens (tertiary/aromatic N) is 3. The van der Waals surface area contributed by atoms with Crippen LogP contribution in [0.2, 0.25) is 0 Å². The number of ether oxygens (including phenoxy) is 1. The van der Waals surface area contributed by atoms with Crippen LogP contribution in [-0.2, 0) is 17.8 Å². The van der Waals surface area contributed by atoms with Gasteiger partial charge in [-0.1, -0.05) is 6.92 Å². The second kappa shape index (κ2) is 7.75. The molecule has 1 aliphatic heterocycles. The van der Waals surface area contributed by atoms with Crippen LogP contribution in [0.3, 0.4) is 0 Å². The van der Waals surface area contributed by atoms with Gasteiger partial charge in [0.1, 0.15) is 17.4 Å². The molecule has 0 aliphatic carbocycles. The Hall–Kier alpha value is -1.95. The van der Waals surface area contributed by atoms with Gasteiger partial charge < -0.3 is 9.64 Å². The van der Waals surface area contributed by atoms with E-state index in [0.717, 1.165) is 41.7 Å². The highest BCUT2D eigenvalue weighted by Crippen LogP contribution is 2.18. The standard InChI is InChI=1S/C18H23N3O2S/c1-13-4-3-7-21(10-13)18(22)8-15-12-24-17(20-15)11-23-16-6-5-14(2)19-9-16/h5-6,9,12-13H,3-4,7-8,10-11H2,1-2H3. The topological polar surface area (TPSA) is 55.3 Å². The number of carbonyl (C=O) groups is 1. The van der Waals surface area contributed by atoms with E-state index in [1.807, 2.05) is 29.3 Å². The summed E-state index contributed by atoms with van der Waals surface area (Å²) in [6, 6.07) is 3.82. The first-order valence-electron chi connectivity index (χ1n) is 8.36. The van der Waals surface area contributed by atoms with Crippen LogP contribution in [0.5, 0.6) is 5.75 Å². The zero-order valence-electron chi connectivity index (χ0n) is 14.2. The monoisotopic (exact) mass is 345 g/mol. The van der Waals surface area contributed by atoms with Crippen molar-refractivity contribution in [3.05, 3.63) is 40.1 Å². The smallest absolute Gasteiger partial charge is 0.228 e. The van der Waals surface area contributed by atoms with Gasteiger partial charge in [-0.15, -0.1) is 11.3 Å². The molecule has 1 fully saturated rings. The van der Waals surface area contributed by atoms with Crippen molar-refractivity contribution in [2.45, 2.75) is 39.7 Å². The van der Waals surface area contributed by atoms with Gasteiger partial charge in [-0.05, 0) is 37.8 Å². The summed E-state index contributed by atoms with van der Waals surface area (Å²) < 4.78 is 5.69. The number of amides is 1. The Morgan fingerprint density at radius 1 is 1.46 bits per heavy atom. The van der Waals surface area contributed by atoms with Crippen molar-refractivity contribution in [1.82, 2.24) is 14.9 Å². The lowest BCUT2D eigenvalue weighted by atomic mass is 10.00. The van der Waals surface area contributed by atoms with E-state index >= 15 is 0 Å². The molecule has 6 heteroatoms. The Balaban J connectivity index is 1.51. The van der Waals surface area contributed by atoms with E-state index in [1.165, 1.54) is 17.8 Å². The van der Waals surface area contributed by atoms with E-state index in [-0.39, 0.29) is 5.91 Å². The van der Waals surface area contributed by atoms with Gasteiger partial charge in [-0.2, -0.15) is 0 Å². The summed E-state index contributed by atoms with van der Waals surface area (Å²) in [4.78, 5) is 23.1. The highest BCUT2D eigenvalue weighted by Gasteiger charge is 2.21. The number of rotatable bonds is 5. The first-order chi connectivity index (χ1) is 11.6. The minimum Gasteiger partial charge on any atom is -0.485 e. The van der Waals surface area contributed by atoms with Crippen molar-refractivity contribution in [3.8, 4) is 5.75 Å². The lowest BCUT2D eigenvalue weighted by Gasteiger charge is -2.30. The van der Waals surface area contributed by atoms with E-state index < -0.39 is 0 Å². The maximum Gasteiger partial charge on any atom is 0.228 e. The molecule has 0 saturated carbocycles. The molecule has 3 heterocycles. The molecule has 0 bridgehead atoms. The molecule has 1 amide bonds. The van der Waals surface area contributed by atoms with Crippen molar-refractivity contribution in [1.29, 1.82) is 0 Å². The van der Waals surface area contributed by atoms with Gasteiger partial charge >= 0.3 is 0 Å². The Kier molecular flexibility index (Phi) is 5.45. The summed E-state index contributed by atoms with van der Waals surface area (Å²) in [5.74, 6) is 1.52. The van der Waals surface area contributed by atoms with Crippen molar-refractivity contribution >= 4 is 17.2 Å². The number of thiazole rings is 1. The SMILES string of the molecule is Cc1ccc(OCc2nc(CC(=O)N3CCCC(C)C3)cs2)cn1. The van der Waals surface area contributed by atoms with Gasteiger partial charge in [0.15, 0.2) is 0 Å². The normalized spacial score (nSPS) is 17.8. The maximum atomic E-state index is 12.4. The second-order valence-corrected chi connectivity index (χ2v) is 7.36. The average Bonchev–Trinajstić information content (AvgIpc) is 3.02. The van der Waals surface area contributed by atoms with E-state index in [4.69, 9.17) is 4.74 Å². The number of aromatic nitrogens is 2. The minimum absolute atomic E-state index is 0.182. The summed E-state index contributed by atoms with van der Waals surface area (Å²) in [6.45, 7) is 6.31. The molecule has 0 spiro atoms. The molecule has 0 radical (unpaired) electrons. The van der Waals surface area contributed by atoms with E-state index in [2.05, 4.69) is 16.9 Å². The van der Waals surface area contributed by atoms with Gasteiger partial charge in [0.2, 0.25) is 5.91 Å². The lowest BCUT2D eigenvalue weighted by molar-refractivity contribution is -0.132. The predicted molar refractivity (Wildman–Crippen MR) is 94.1 cm³/mol. The number of hydrogen-bond acceptors (Lipinski definition) is 5. The number of pyridine rings is 1. The molecule has 1 saturated heterocycles. The molecule has 5 nitrogen and oxygen atoms in total. The number of piperidine rings is 1. The molecule has 0 N–H and O–H groups in total. The fourth-order valence-electron chi connectivity index (χ4n) is 2.86. The van der Waals surface area contributed by atoms with Gasteiger partial charge in [0, 0.05) is 24.2 Å². The van der Waals surface area contributed by atoms with Gasteiger partial charge in [-0.3, -0.25) is 9.78 Å². The van der Waals surface area contributed by atoms with Gasteiger partial charge in [0.05, 0.1) is 18.3 Å². The predicted octanol–water partition coefficient (Wildman–Crippen LogP) is 3.23. The Morgan fingerprint density at radius 2 is 2.33 bits per heavy atom. The summed E-state index contributed by atoms with van der Waals surface area (Å²) >= 11 is 1.53. The molecule has 3 rings (SSSR count). The number of likely N-dealkylation sites (tertiary alicyclic amines) is 1. The fourth-order valence-corrected chi connectivity index (χ4v) is 3.57. The zero-order valence-corrected chi connectivity index (χ0v) is 15.0. The zero-order chi connectivity index (χ0) is 16.9. The Bertz CT molecular complexity index is 684. The average molecular weight is 345 g/mol. The van der Waals surface area contributed by atoms with Crippen LogP contribution in [0.4, 0.5) is 0 Å². The fraction of sp³-hybridized carbons (Fsp3) is 0.500. The van der Waals surface area contributed by atoms with Gasteiger partial charge in [-0.25, -0.2) is 4.98 Å². The summed E-state index contributed by atoms with van der Waals surface area (Å²) in [5.41, 5.74) is 1.80. The van der Waals surface area contributed by atoms with Crippen molar-refractivity contribution in [2.24, 2.45) is 5.92 Å². The van der Waals surface area contributed by atoms with Crippen LogP contribution in [0.1, 0.15) is 36.2 Å². The maximum absolute atomic E-state index is 12.4.